The van der Waals surface area contributed by atoms with Crippen LogP contribution in [0.2, 0.25) is 0 Å². The molecule has 2 aliphatic rings. The smallest absolute Gasteiger partial charge is 0.278 e. The Bertz CT molecular complexity index is 883. The summed E-state index contributed by atoms with van der Waals surface area (Å²) < 4.78 is 1.46. The number of rotatable bonds is 2. The quantitative estimate of drug-likeness (QED) is 0.893. The number of likely N-dealkylation sites (tertiary alicyclic amines) is 1. The van der Waals surface area contributed by atoms with E-state index in [0.29, 0.717) is 23.4 Å². The number of hydrogen-bond donors (Lipinski definition) is 1. The first-order valence-corrected chi connectivity index (χ1v) is 8.49. The van der Waals surface area contributed by atoms with Crippen molar-refractivity contribution in [2.24, 2.45) is 0 Å². The summed E-state index contributed by atoms with van der Waals surface area (Å²) in [6.07, 6.45) is 0.790. The van der Waals surface area contributed by atoms with Crippen LogP contribution in [0.1, 0.15) is 49.4 Å². The van der Waals surface area contributed by atoms with Gasteiger partial charge < -0.3 is 4.90 Å². The molecule has 128 valence electrons. The molecule has 0 unspecified atom stereocenters. The number of fused-ring (bicyclic) bond motifs is 2. The Morgan fingerprint density at radius 2 is 2.00 bits per heavy atom. The second kappa shape index (κ2) is 4.92. The summed E-state index contributed by atoms with van der Waals surface area (Å²) in [4.78, 5) is 34.0. The molecule has 2 aromatic rings. The number of carbonyl (C=O) groups is 1. The average Bonchev–Trinajstić information content (AvgIpc) is 3.00. The molecule has 4 rings (SSSR count). The highest BCUT2D eigenvalue weighted by atomic mass is 16.2. The molecular weight excluding hydrogens is 306 g/mol. The molecule has 7 heteroatoms. The molecule has 0 spiro atoms. The Balaban J connectivity index is 1.64. The molecule has 0 bridgehead atoms. The lowest BCUT2D eigenvalue weighted by Gasteiger charge is -2.50. The first-order valence-electron chi connectivity index (χ1n) is 8.49. The molecular formula is C17H23N5O2. The topological polar surface area (TPSA) is 73.7 Å². The van der Waals surface area contributed by atoms with Gasteiger partial charge in [0, 0.05) is 30.4 Å². The number of amides is 1. The van der Waals surface area contributed by atoms with Crippen LogP contribution in [0, 0.1) is 0 Å². The summed E-state index contributed by atoms with van der Waals surface area (Å²) in [5.74, 6) is -0.109. The molecule has 2 aliphatic heterocycles. The van der Waals surface area contributed by atoms with Crippen molar-refractivity contribution in [1.82, 2.24) is 24.4 Å². The van der Waals surface area contributed by atoms with Crippen LogP contribution in [0.5, 0.6) is 0 Å². The van der Waals surface area contributed by atoms with Gasteiger partial charge in [-0.1, -0.05) is 6.92 Å². The third-order valence-electron chi connectivity index (χ3n) is 5.19. The number of H-pyrrole nitrogens is 1. The molecule has 0 aliphatic carbocycles. The molecule has 0 atom stereocenters. The summed E-state index contributed by atoms with van der Waals surface area (Å²) in [6, 6.07) is 2.00. The van der Waals surface area contributed by atoms with Crippen molar-refractivity contribution in [2.45, 2.75) is 52.2 Å². The van der Waals surface area contributed by atoms with E-state index in [2.05, 4.69) is 35.8 Å². The summed E-state index contributed by atoms with van der Waals surface area (Å²) in [6.45, 7) is 10.6. The first kappa shape index (κ1) is 15.4. The van der Waals surface area contributed by atoms with Gasteiger partial charge in [-0.2, -0.15) is 0 Å². The van der Waals surface area contributed by atoms with Gasteiger partial charge >= 0.3 is 0 Å². The molecule has 4 heterocycles. The Hall–Kier alpha value is -2.15. The number of aromatic nitrogens is 3. The zero-order valence-corrected chi connectivity index (χ0v) is 14.6. The Morgan fingerprint density at radius 3 is 2.62 bits per heavy atom. The minimum absolute atomic E-state index is 0.108. The SMILES string of the molecule is CCc1cc2nc3c(c(=O)n2[nH]1)CN(C1CN(C(C)(C)C)C1)C3=O. The van der Waals surface area contributed by atoms with Gasteiger partial charge in [-0.25, -0.2) is 9.50 Å². The van der Waals surface area contributed by atoms with Gasteiger partial charge in [0.2, 0.25) is 0 Å². The second-order valence-corrected chi connectivity index (χ2v) is 7.74. The minimum Gasteiger partial charge on any atom is -0.327 e. The van der Waals surface area contributed by atoms with E-state index in [0.717, 1.165) is 25.2 Å². The maximum absolute atomic E-state index is 12.7. The van der Waals surface area contributed by atoms with Gasteiger partial charge in [-0.05, 0) is 27.2 Å². The normalized spacial score (nSPS) is 19.2. The molecule has 7 nitrogen and oxygen atoms in total. The van der Waals surface area contributed by atoms with Crippen LogP contribution in [0.4, 0.5) is 0 Å². The van der Waals surface area contributed by atoms with Crippen molar-refractivity contribution in [2.75, 3.05) is 13.1 Å². The third-order valence-corrected chi connectivity index (χ3v) is 5.19. The number of aromatic amines is 1. The second-order valence-electron chi connectivity index (χ2n) is 7.74. The predicted molar refractivity (Wildman–Crippen MR) is 90.2 cm³/mol. The zero-order valence-electron chi connectivity index (χ0n) is 14.6. The van der Waals surface area contributed by atoms with Crippen molar-refractivity contribution < 1.29 is 4.79 Å². The van der Waals surface area contributed by atoms with Gasteiger partial charge in [0.1, 0.15) is 5.69 Å². The average molecular weight is 329 g/mol. The van der Waals surface area contributed by atoms with Gasteiger partial charge in [-0.3, -0.25) is 19.6 Å². The van der Waals surface area contributed by atoms with E-state index in [4.69, 9.17) is 0 Å². The van der Waals surface area contributed by atoms with Gasteiger partial charge in [0.05, 0.1) is 18.2 Å². The fraction of sp³-hybridized carbons (Fsp3) is 0.588. The molecule has 24 heavy (non-hydrogen) atoms. The van der Waals surface area contributed by atoms with Crippen molar-refractivity contribution in [3.05, 3.63) is 33.4 Å². The monoisotopic (exact) mass is 329 g/mol. The number of nitrogens with one attached hydrogen (secondary N) is 1. The number of aryl methyl sites for hydroxylation is 1. The highest BCUT2D eigenvalue weighted by Crippen LogP contribution is 2.29. The van der Waals surface area contributed by atoms with Crippen molar-refractivity contribution in [3.8, 4) is 0 Å². The highest BCUT2D eigenvalue weighted by molar-refractivity contribution is 5.97. The molecule has 1 N–H and O–H groups in total. The van der Waals surface area contributed by atoms with Crippen LogP contribution in [0.25, 0.3) is 5.65 Å². The van der Waals surface area contributed by atoms with Crippen molar-refractivity contribution >= 4 is 11.6 Å². The van der Waals surface area contributed by atoms with E-state index in [9.17, 15) is 9.59 Å². The summed E-state index contributed by atoms with van der Waals surface area (Å²) in [5.41, 5.74) is 2.25. The standard InChI is InChI=1S/C17H23N5O2/c1-5-10-6-13-18-14-12(15(23)22(13)19-10)9-21(16(14)24)11-7-20(8-11)17(2,3)4/h6,11,19H,5,7-9H2,1-4H3. The molecule has 1 amide bonds. The van der Waals surface area contributed by atoms with Gasteiger partial charge in [0.25, 0.3) is 11.5 Å². The zero-order chi connectivity index (χ0) is 17.2. The number of hydrogen-bond acceptors (Lipinski definition) is 4. The Kier molecular flexibility index (Phi) is 3.16. The maximum Gasteiger partial charge on any atom is 0.278 e. The van der Waals surface area contributed by atoms with Crippen molar-refractivity contribution in [3.63, 3.8) is 0 Å². The molecule has 1 saturated heterocycles. The first-order chi connectivity index (χ1) is 11.3. The largest absolute Gasteiger partial charge is 0.327 e. The van der Waals surface area contributed by atoms with Gasteiger partial charge in [0.15, 0.2) is 5.65 Å². The fourth-order valence-corrected chi connectivity index (χ4v) is 3.48. The van der Waals surface area contributed by atoms with E-state index < -0.39 is 0 Å². The van der Waals surface area contributed by atoms with E-state index in [1.165, 1.54) is 4.52 Å². The van der Waals surface area contributed by atoms with Crippen LogP contribution >= 0.6 is 0 Å². The highest BCUT2D eigenvalue weighted by Gasteiger charge is 2.44. The third kappa shape index (κ3) is 2.11. The molecule has 2 aromatic heterocycles. The molecule has 0 aromatic carbocycles. The van der Waals surface area contributed by atoms with Crippen LogP contribution < -0.4 is 5.56 Å². The van der Waals surface area contributed by atoms with Crippen molar-refractivity contribution in [1.29, 1.82) is 0 Å². The fourth-order valence-electron chi connectivity index (χ4n) is 3.48. The predicted octanol–water partition coefficient (Wildman–Crippen LogP) is 1.02. The lowest BCUT2D eigenvalue weighted by Crippen LogP contribution is -2.64. The summed E-state index contributed by atoms with van der Waals surface area (Å²) >= 11 is 0. The van der Waals surface area contributed by atoms with E-state index in [1.807, 2.05) is 17.9 Å². The van der Waals surface area contributed by atoms with Crippen LogP contribution in [-0.2, 0) is 13.0 Å². The summed E-state index contributed by atoms with van der Waals surface area (Å²) in [5, 5.41) is 3.06. The Morgan fingerprint density at radius 1 is 1.29 bits per heavy atom. The minimum atomic E-state index is -0.155. The van der Waals surface area contributed by atoms with Crippen LogP contribution in [0.15, 0.2) is 10.9 Å². The summed E-state index contributed by atoms with van der Waals surface area (Å²) in [7, 11) is 0. The number of nitrogens with zero attached hydrogens (tertiary/aromatic N) is 4. The van der Waals surface area contributed by atoms with E-state index in [-0.39, 0.29) is 23.0 Å². The molecule has 1 fully saturated rings. The molecule has 0 saturated carbocycles. The Labute approximate surface area is 140 Å². The lowest BCUT2D eigenvalue weighted by atomic mass is 9.97. The van der Waals surface area contributed by atoms with Gasteiger partial charge in [-0.15, -0.1) is 0 Å². The van der Waals surface area contributed by atoms with Crippen LogP contribution in [-0.4, -0.2) is 55.0 Å². The lowest BCUT2D eigenvalue weighted by molar-refractivity contribution is -0.0153. The van der Waals surface area contributed by atoms with E-state index >= 15 is 0 Å². The molecule has 0 radical (unpaired) electrons. The van der Waals surface area contributed by atoms with Crippen LogP contribution in [0.3, 0.4) is 0 Å². The van der Waals surface area contributed by atoms with E-state index in [1.54, 1.807) is 0 Å². The maximum atomic E-state index is 12.7. The number of carbonyl (C=O) groups excluding carboxylic acids is 1.